The number of hydrogen-bond donors (Lipinski definition) is 1. The third-order valence-corrected chi connectivity index (χ3v) is 4.80. The molecule has 2 heterocycles. The van der Waals surface area contributed by atoms with Gasteiger partial charge in [-0.05, 0) is 55.8 Å². The van der Waals surface area contributed by atoms with E-state index in [1.807, 2.05) is 19.1 Å². The maximum atomic E-state index is 10.2. The maximum Gasteiger partial charge on any atom is 0.124 e. The number of morpholine rings is 1. The van der Waals surface area contributed by atoms with Crippen molar-refractivity contribution in [2.45, 2.75) is 13.8 Å². The molecule has 0 atom stereocenters. The molecule has 1 N–H and O–H groups in total. The number of aryl methyl sites for hydroxylation is 2. The van der Waals surface area contributed by atoms with E-state index in [1.165, 1.54) is 5.69 Å². The summed E-state index contributed by atoms with van der Waals surface area (Å²) in [5.41, 5.74) is 6.03. The summed E-state index contributed by atoms with van der Waals surface area (Å²) in [6.45, 7) is 7.52. The molecular formula is C21H22N2O2. The summed E-state index contributed by atoms with van der Waals surface area (Å²) in [4.78, 5) is 7.14. The zero-order chi connectivity index (χ0) is 17.4. The molecule has 0 amide bonds. The number of pyridine rings is 1. The van der Waals surface area contributed by atoms with E-state index in [1.54, 1.807) is 6.07 Å². The van der Waals surface area contributed by atoms with Gasteiger partial charge in [-0.3, -0.25) is 0 Å². The third kappa shape index (κ3) is 3.05. The molecule has 0 spiro atoms. The molecule has 25 heavy (non-hydrogen) atoms. The van der Waals surface area contributed by atoms with Crippen LogP contribution in [0.25, 0.3) is 22.2 Å². The first kappa shape index (κ1) is 15.9. The van der Waals surface area contributed by atoms with Crippen LogP contribution < -0.4 is 4.90 Å². The molecule has 4 heteroatoms. The number of rotatable bonds is 2. The number of anilines is 1. The minimum Gasteiger partial charge on any atom is -0.507 e. The van der Waals surface area contributed by atoms with Gasteiger partial charge in [-0.25, -0.2) is 4.98 Å². The number of fused-ring (bicyclic) bond motifs is 1. The van der Waals surface area contributed by atoms with Gasteiger partial charge in [0.05, 0.1) is 24.4 Å². The van der Waals surface area contributed by atoms with Crippen molar-refractivity contribution in [3.8, 4) is 17.0 Å². The van der Waals surface area contributed by atoms with E-state index in [0.29, 0.717) is 0 Å². The number of aromatic nitrogens is 1. The fourth-order valence-corrected chi connectivity index (χ4v) is 3.39. The third-order valence-electron chi connectivity index (χ3n) is 4.80. The Balaban J connectivity index is 1.79. The first-order valence-corrected chi connectivity index (χ1v) is 8.66. The first-order valence-electron chi connectivity index (χ1n) is 8.66. The second-order valence-electron chi connectivity index (χ2n) is 6.65. The fraction of sp³-hybridized carbons (Fsp3) is 0.286. The summed E-state index contributed by atoms with van der Waals surface area (Å²) in [5.74, 6) is 0.266. The van der Waals surface area contributed by atoms with E-state index in [0.717, 1.165) is 59.6 Å². The lowest BCUT2D eigenvalue weighted by atomic mass is 10.0. The summed E-state index contributed by atoms with van der Waals surface area (Å²) in [7, 11) is 0. The standard InChI is InChI=1S/C21H22N2O2/c1-14-3-6-21(24)18(11-14)20-12-15(2)17-13-16(4-5-19(17)22-20)23-7-9-25-10-8-23/h3-6,11-13,24H,7-10H2,1-2H3. The van der Waals surface area contributed by atoms with Crippen LogP contribution in [0.4, 0.5) is 5.69 Å². The number of aromatic hydroxyl groups is 1. The molecular weight excluding hydrogens is 312 g/mol. The van der Waals surface area contributed by atoms with Gasteiger partial charge in [0.2, 0.25) is 0 Å². The number of ether oxygens (including phenoxy) is 1. The molecule has 4 rings (SSSR count). The fourth-order valence-electron chi connectivity index (χ4n) is 3.39. The molecule has 0 bridgehead atoms. The molecule has 0 radical (unpaired) electrons. The predicted octanol–water partition coefficient (Wildman–Crippen LogP) is 4.06. The van der Waals surface area contributed by atoms with Crippen molar-refractivity contribution in [1.82, 2.24) is 4.98 Å². The molecule has 0 unspecified atom stereocenters. The quantitative estimate of drug-likeness (QED) is 0.768. The van der Waals surface area contributed by atoms with Gasteiger partial charge in [0.15, 0.2) is 0 Å². The Morgan fingerprint density at radius 3 is 2.60 bits per heavy atom. The van der Waals surface area contributed by atoms with Crippen LogP contribution in [-0.2, 0) is 4.74 Å². The SMILES string of the molecule is Cc1ccc(O)c(-c2cc(C)c3cc(N4CCOCC4)ccc3n2)c1. The van der Waals surface area contributed by atoms with E-state index >= 15 is 0 Å². The minimum absolute atomic E-state index is 0.266. The van der Waals surface area contributed by atoms with Gasteiger partial charge in [0.1, 0.15) is 5.75 Å². The lowest BCUT2D eigenvalue weighted by molar-refractivity contribution is 0.122. The average molecular weight is 334 g/mol. The highest BCUT2D eigenvalue weighted by molar-refractivity contribution is 5.88. The molecule has 1 saturated heterocycles. The molecule has 128 valence electrons. The molecule has 2 aromatic carbocycles. The average Bonchev–Trinajstić information content (AvgIpc) is 2.64. The normalized spacial score (nSPS) is 14.9. The molecule has 1 fully saturated rings. The van der Waals surface area contributed by atoms with Gasteiger partial charge in [-0.2, -0.15) is 0 Å². The van der Waals surface area contributed by atoms with Crippen LogP contribution in [-0.4, -0.2) is 36.4 Å². The van der Waals surface area contributed by atoms with E-state index in [9.17, 15) is 5.11 Å². The Hall–Kier alpha value is -2.59. The van der Waals surface area contributed by atoms with Crippen molar-refractivity contribution in [2.75, 3.05) is 31.2 Å². The van der Waals surface area contributed by atoms with Gasteiger partial charge >= 0.3 is 0 Å². The lowest BCUT2D eigenvalue weighted by Crippen LogP contribution is -2.36. The van der Waals surface area contributed by atoms with Crippen molar-refractivity contribution in [2.24, 2.45) is 0 Å². The Morgan fingerprint density at radius 1 is 1.00 bits per heavy atom. The van der Waals surface area contributed by atoms with Gasteiger partial charge in [-0.15, -0.1) is 0 Å². The van der Waals surface area contributed by atoms with Gasteiger partial charge in [-0.1, -0.05) is 11.6 Å². The van der Waals surface area contributed by atoms with E-state index in [4.69, 9.17) is 9.72 Å². The zero-order valence-corrected chi connectivity index (χ0v) is 14.6. The summed E-state index contributed by atoms with van der Waals surface area (Å²) < 4.78 is 5.44. The molecule has 0 saturated carbocycles. The highest BCUT2D eigenvalue weighted by atomic mass is 16.5. The van der Waals surface area contributed by atoms with Crippen molar-refractivity contribution in [1.29, 1.82) is 0 Å². The highest BCUT2D eigenvalue weighted by Crippen LogP contribution is 2.32. The van der Waals surface area contributed by atoms with E-state index in [-0.39, 0.29) is 5.75 Å². The number of nitrogens with zero attached hydrogens (tertiary/aromatic N) is 2. The van der Waals surface area contributed by atoms with Crippen molar-refractivity contribution >= 4 is 16.6 Å². The largest absolute Gasteiger partial charge is 0.507 e. The van der Waals surface area contributed by atoms with Crippen molar-refractivity contribution in [3.63, 3.8) is 0 Å². The molecule has 1 aliphatic heterocycles. The Morgan fingerprint density at radius 2 is 1.80 bits per heavy atom. The van der Waals surface area contributed by atoms with Crippen molar-refractivity contribution < 1.29 is 9.84 Å². The Labute approximate surface area is 147 Å². The monoisotopic (exact) mass is 334 g/mol. The highest BCUT2D eigenvalue weighted by Gasteiger charge is 2.14. The number of phenolic OH excluding ortho intramolecular Hbond substituents is 1. The molecule has 1 aliphatic rings. The molecule has 4 nitrogen and oxygen atoms in total. The summed E-state index contributed by atoms with van der Waals surface area (Å²) >= 11 is 0. The zero-order valence-electron chi connectivity index (χ0n) is 14.6. The number of benzene rings is 2. The van der Waals surface area contributed by atoms with Gasteiger partial charge < -0.3 is 14.7 Å². The topological polar surface area (TPSA) is 45.6 Å². The summed E-state index contributed by atoms with van der Waals surface area (Å²) in [5, 5.41) is 11.4. The van der Waals surface area contributed by atoms with Crippen LogP contribution in [0, 0.1) is 13.8 Å². The summed E-state index contributed by atoms with van der Waals surface area (Å²) in [6, 6.07) is 14.1. The van der Waals surface area contributed by atoms with Crippen LogP contribution in [0.1, 0.15) is 11.1 Å². The minimum atomic E-state index is 0.266. The van der Waals surface area contributed by atoms with Crippen LogP contribution in [0.15, 0.2) is 42.5 Å². The predicted molar refractivity (Wildman–Crippen MR) is 101 cm³/mol. The molecule has 3 aromatic rings. The number of phenols is 1. The first-order chi connectivity index (χ1) is 12.1. The lowest BCUT2D eigenvalue weighted by Gasteiger charge is -2.29. The molecule has 0 aliphatic carbocycles. The summed E-state index contributed by atoms with van der Waals surface area (Å²) in [6.07, 6.45) is 0. The van der Waals surface area contributed by atoms with Crippen LogP contribution >= 0.6 is 0 Å². The molecule has 1 aromatic heterocycles. The van der Waals surface area contributed by atoms with E-state index < -0.39 is 0 Å². The van der Waals surface area contributed by atoms with Crippen LogP contribution in [0.2, 0.25) is 0 Å². The van der Waals surface area contributed by atoms with Crippen LogP contribution in [0.5, 0.6) is 5.75 Å². The second-order valence-corrected chi connectivity index (χ2v) is 6.65. The van der Waals surface area contributed by atoms with Crippen LogP contribution in [0.3, 0.4) is 0 Å². The van der Waals surface area contributed by atoms with Crippen molar-refractivity contribution in [3.05, 3.63) is 53.6 Å². The van der Waals surface area contributed by atoms with Gasteiger partial charge in [0.25, 0.3) is 0 Å². The Bertz CT molecular complexity index is 931. The second kappa shape index (κ2) is 6.37. The Kier molecular flexibility index (Phi) is 4.06. The smallest absolute Gasteiger partial charge is 0.124 e. The van der Waals surface area contributed by atoms with E-state index in [2.05, 4.69) is 36.1 Å². The number of hydrogen-bond acceptors (Lipinski definition) is 4. The maximum absolute atomic E-state index is 10.2. The van der Waals surface area contributed by atoms with Gasteiger partial charge in [0, 0.05) is 29.7 Å².